The Labute approximate surface area is 195 Å². The molecule has 2 aromatic rings. The molecule has 3 heterocycles. The molecule has 10 heteroatoms. The fraction of sp³-hybridized carbons (Fsp3) is 0.435. The van der Waals surface area contributed by atoms with Crippen molar-refractivity contribution < 1.29 is 28.2 Å². The smallest absolute Gasteiger partial charge is 0.472 e. The number of morpholine rings is 1. The Morgan fingerprint density at radius 3 is 2.97 bits per heavy atom. The first-order valence-corrected chi connectivity index (χ1v) is 11.6. The highest BCUT2D eigenvalue weighted by Gasteiger charge is 2.28. The fourth-order valence-corrected chi connectivity index (χ4v) is 5.08. The molecule has 2 aliphatic rings. The van der Waals surface area contributed by atoms with Crippen LogP contribution in [0.1, 0.15) is 28.0 Å². The number of hydrogen-bond donors (Lipinski definition) is 1. The minimum Gasteiger partial charge on any atom is -0.472 e. The number of carbonyl (C=O) groups excluding carboxylic acids is 2. The second kappa shape index (κ2) is 11.1. The summed E-state index contributed by atoms with van der Waals surface area (Å²) in [7, 11) is 0. The standard InChI is InChI=1S/C23H25N3O6S/c24-14-19-18-3-2-17(32-23(28)31-12-8-26-6-10-29-11-7-26)13-20(18)33-22(19)25-21(27)4-1-16-5-9-30-15-16/h1,4-5,9,15,17H,2-3,6-8,10-13H2,(H,25,27)/b4-1+. The first-order valence-electron chi connectivity index (χ1n) is 10.8. The largest absolute Gasteiger partial charge is 0.508 e. The molecule has 0 aromatic carbocycles. The summed E-state index contributed by atoms with van der Waals surface area (Å²) in [5.74, 6) is -0.331. The predicted molar refractivity (Wildman–Crippen MR) is 121 cm³/mol. The number of carbonyl (C=O) groups is 2. The SMILES string of the molecule is N#Cc1c(NC(=O)/C=C/c2ccoc2)sc2c1CCC(OC(=O)OCCN1CCOCC1)C2. The van der Waals surface area contributed by atoms with E-state index >= 15 is 0 Å². The van der Waals surface area contributed by atoms with Crippen LogP contribution in [0, 0.1) is 11.3 Å². The molecular formula is C23H25N3O6S. The molecular weight excluding hydrogens is 446 g/mol. The second-order valence-corrected chi connectivity index (χ2v) is 8.84. The van der Waals surface area contributed by atoms with E-state index in [1.807, 2.05) is 0 Å². The molecule has 1 aliphatic heterocycles. The van der Waals surface area contributed by atoms with Crippen LogP contribution in [-0.2, 0) is 31.8 Å². The number of hydrogen-bond acceptors (Lipinski definition) is 9. The Bertz CT molecular complexity index is 1030. The number of nitrogens with one attached hydrogen (secondary N) is 1. The Morgan fingerprint density at radius 2 is 2.21 bits per heavy atom. The monoisotopic (exact) mass is 471 g/mol. The predicted octanol–water partition coefficient (Wildman–Crippen LogP) is 3.21. The normalized spacial score (nSPS) is 18.5. The third-order valence-electron chi connectivity index (χ3n) is 5.53. The van der Waals surface area contributed by atoms with Crippen LogP contribution in [0.3, 0.4) is 0 Å². The Morgan fingerprint density at radius 1 is 1.36 bits per heavy atom. The Kier molecular flexibility index (Phi) is 7.78. The van der Waals surface area contributed by atoms with E-state index in [2.05, 4.69) is 16.3 Å². The first kappa shape index (κ1) is 23.0. The van der Waals surface area contributed by atoms with Crippen molar-refractivity contribution in [3.63, 3.8) is 0 Å². The minimum atomic E-state index is -0.674. The van der Waals surface area contributed by atoms with Gasteiger partial charge in [0.2, 0.25) is 5.91 Å². The van der Waals surface area contributed by atoms with Gasteiger partial charge in [-0.1, -0.05) is 0 Å². The number of fused-ring (bicyclic) bond motifs is 1. The van der Waals surface area contributed by atoms with Crippen LogP contribution < -0.4 is 5.32 Å². The maximum Gasteiger partial charge on any atom is 0.508 e. The fourth-order valence-electron chi connectivity index (χ4n) is 3.81. The molecule has 33 heavy (non-hydrogen) atoms. The average molecular weight is 472 g/mol. The molecule has 1 atom stereocenters. The van der Waals surface area contributed by atoms with Crippen molar-refractivity contribution in [2.45, 2.75) is 25.4 Å². The highest BCUT2D eigenvalue weighted by Crippen LogP contribution is 2.38. The lowest BCUT2D eigenvalue weighted by atomic mass is 9.94. The van der Waals surface area contributed by atoms with Crippen LogP contribution in [-0.4, -0.2) is 62.5 Å². The zero-order valence-corrected chi connectivity index (χ0v) is 18.9. The van der Waals surface area contributed by atoms with Crippen LogP contribution in [0.2, 0.25) is 0 Å². The van der Waals surface area contributed by atoms with E-state index in [-0.39, 0.29) is 18.6 Å². The van der Waals surface area contributed by atoms with Gasteiger partial charge in [-0.3, -0.25) is 9.69 Å². The highest BCUT2D eigenvalue weighted by molar-refractivity contribution is 7.16. The van der Waals surface area contributed by atoms with E-state index < -0.39 is 6.16 Å². The van der Waals surface area contributed by atoms with Gasteiger partial charge in [0.15, 0.2) is 0 Å². The van der Waals surface area contributed by atoms with E-state index in [0.717, 1.165) is 29.1 Å². The van der Waals surface area contributed by atoms with Crippen molar-refractivity contribution in [2.24, 2.45) is 0 Å². The van der Waals surface area contributed by atoms with Gasteiger partial charge in [-0.2, -0.15) is 5.26 Å². The van der Waals surface area contributed by atoms with Crippen LogP contribution in [0.4, 0.5) is 9.80 Å². The number of amides is 1. The Hall–Kier alpha value is -3.13. The van der Waals surface area contributed by atoms with Crippen molar-refractivity contribution in [2.75, 3.05) is 44.8 Å². The van der Waals surface area contributed by atoms with E-state index in [0.29, 0.717) is 49.6 Å². The van der Waals surface area contributed by atoms with E-state index in [1.54, 1.807) is 12.1 Å². The number of nitrogens with zero attached hydrogens (tertiary/aromatic N) is 2. The van der Waals surface area contributed by atoms with E-state index in [4.69, 9.17) is 18.6 Å². The zero-order valence-electron chi connectivity index (χ0n) is 18.1. The van der Waals surface area contributed by atoms with Gasteiger partial charge in [0, 0.05) is 42.6 Å². The Balaban J connectivity index is 1.29. The van der Waals surface area contributed by atoms with Crippen molar-refractivity contribution >= 4 is 34.5 Å². The molecule has 1 saturated heterocycles. The first-order chi connectivity index (χ1) is 16.1. The van der Waals surface area contributed by atoms with Crippen LogP contribution >= 0.6 is 11.3 Å². The summed E-state index contributed by atoms with van der Waals surface area (Å²) in [6.07, 6.45) is 6.78. The average Bonchev–Trinajstić information content (AvgIpc) is 3.45. The van der Waals surface area contributed by atoms with Crippen LogP contribution in [0.15, 0.2) is 29.1 Å². The molecule has 174 valence electrons. The third-order valence-corrected chi connectivity index (χ3v) is 6.70. The van der Waals surface area contributed by atoms with Crippen molar-refractivity contribution in [3.05, 3.63) is 46.2 Å². The summed E-state index contributed by atoms with van der Waals surface area (Å²) in [4.78, 5) is 27.5. The molecule has 9 nitrogen and oxygen atoms in total. The number of thiophene rings is 1. The summed E-state index contributed by atoms with van der Waals surface area (Å²) in [6, 6.07) is 3.94. The van der Waals surface area contributed by atoms with Crippen LogP contribution in [0.25, 0.3) is 6.08 Å². The number of furan rings is 1. The zero-order chi connectivity index (χ0) is 23.0. The lowest BCUT2D eigenvalue weighted by Crippen LogP contribution is -2.38. The molecule has 0 saturated carbocycles. The van der Waals surface area contributed by atoms with Gasteiger partial charge >= 0.3 is 6.16 Å². The maximum atomic E-state index is 12.3. The van der Waals surface area contributed by atoms with Gasteiger partial charge in [0.05, 0.1) is 31.3 Å². The number of rotatable bonds is 7. The summed E-state index contributed by atoms with van der Waals surface area (Å²) in [5, 5.41) is 12.9. The van der Waals surface area contributed by atoms with E-state index in [9.17, 15) is 14.9 Å². The second-order valence-electron chi connectivity index (χ2n) is 7.73. The minimum absolute atomic E-state index is 0.275. The molecule has 1 aliphatic carbocycles. The van der Waals surface area contributed by atoms with E-state index in [1.165, 1.54) is 29.9 Å². The van der Waals surface area contributed by atoms with Gasteiger partial charge < -0.3 is 23.9 Å². The topological polar surface area (TPSA) is 114 Å². The summed E-state index contributed by atoms with van der Waals surface area (Å²) in [5.41, 5.74) is 2.16. The number of anilines is 1. The molecule has 0 radical (unpaired) electrons. The third kappa shape index (κ3) is 6.22. The lowest BCUT2D eigenvalue weighted by Gasteiger charge is -2.26. The lowest BCUT2D eigenvalue weighted by molar-refractivity contribution is -0.111. The molecule has 4 rings (SSSR count). The molecule has 1 unspecified atom stereocenters. The molecule has 1 amide bonds. The number of nitriles is 1. The molecule has 2 aromatic heterocycles. The van der Waals surface area contributed by atoms with Crippen LogP contribution in [0.5, 0.6) is 0 Å². The molecule has 1 fully saturated rings. The van der Waals surface area contributed by atoms with Crippen molar-refractivity contribution in [1.82, 2.24) is 4.90 Å². The number of ether oxygens (including phenoxy) is 3. The summed E-state index contributed by atoms with van der Waals surface area (Å²) < 4.78 is 21.0. The molecule has 1 N–H and O–H groups in total. The quantitative estimate of drug-likeness (QED) is 0.484. The van der Waals surface area contributed by atoms with Crippen molar-refractivity contribution in [3.8, 4) is 6.07 Å². The van der Waals surface area contributed by atoms with Gasteiger partial charge in [-0.05, 0) is 30.5 Å². The van der Waals surface area contributed by atoms with Gasteiger partial charge in [-0.15, -0.1) is 11.3 Å². The van der Waals surface area contributed by atoms with Gasteiger partial charge in [0.25, 0.3) is 0 Å². The molecule has 0 bridgehead atoms. The van der Waals surface area contributed by atoms with Gasteiger partial charge in [0.1, 0.15) is 23.8 Å². The van der Waals surface area contributed by atoms with Crippen molar-refractivity contribution in [1.29, 1.82) is 5.26 Å². The maximum absolute atomic E-state index is 12.3. The van der Waals surface area contributed by atoms with Gasteiger partial charge in [-0.25, -0.2) is 4.79 Å². The molecule has 0 spiro atoms. The summed E-state index contributed by atoms with van der Waals surface area (Å²) >= 11 is 1.35. The highest BCUT2D eigenvalue weighted by atomic mass is 32.1. The summed E-state index contributed by atoms with van der Waals surface area (Å²) in [6.45, 7) is 3.99.